The summed E-state index contributed by atoms with van der Waals surface area (Å²) < 4.78 is 31.0. The molecule has 2 N–H and O–H groups in total. The van der Waals surface area contributed by atoms with Crippen LogP contribution in [0.25, 0.3) is 0 Å². The third-order valence-electron chi connectivity index (χ3n) is 2.89. The standard InChI is InChI=1S/C15H20F2N2O3/c1-9(8-22-3)18-10(2)15(21)19-14(20)6-11-4-12(16)7-13(17)5-11/h4-5,7,9-10,18H,6,8H2,1-3H3,(H,19,20,21)/t9?,10-/m0/s1. The van der Waals surface area contributed by atoms with Gasteiger partial charge < -0.3 is 10.1 Å². The Morgan fingerprint density at radius 3 is 2.32 bits per heavy atom. The van der Waals surface area contributed by atoms with E-state index in [1.807, 2.05) is 6.92 Å². The van der Waals surface area contributed by atoms with Crippen LogP contribution in [0, 0.1) is 11.6 Å². The SMILES string of the molecule is COCC(C)N[C@@H](C)C(=O)NC(=O)Cc1cc(F)cc(F)c1. The third-order valence-corrected chi connectivity index (χ3v) is 2.89. The zero-order chi connectivity index (χ0) is 16.7. The van der Waals surface area contributed by atoms with Crippen LogP contribution in [0.3, 0.4) is 0 Å². The number of benzene rings is 1. The second-order valence-electron chi connectivity index (χ2n) is 5.11. The molecule has 2 atom stereocenters. The summed E-state index contributed by atoms with van der Waals surface area (Å²) in [6.07, 6.45) is -0.277. The summed E-state index contributed by atoms with van der Waals surface area (Å²) in [4.78, 5) is 23.6. The van der Waals surface area contributed by atoms with Crippen LogP contribution in [0.4, 0.5) is 8.78 Å². The molecule has 0 fully saturated rings. The second-order valence-corrected chi connectivity index (χ2v) is 5.11. The van der Waals surface area contributed by atoms with Crippen LogP contribution in [0.2, 0.25) is 0 Å². The number of halogens is 2. The van der Waals surface area contributed by atoms with Crippen LogP contribution in [0.15, 0.2) is 18.2 Å². The average molecular weight is 314 g/mol. The van der Waals surface area contributed by atoms with Gasteiger partial charge in [0.15, 0.2) is 0 Å². The first-order chi connectivity index (χ1) is 10.3. The predicted octanol–water partition coefficient (Wildman–Crippen LogP) is 1.16. The van der Waals surface area contributed by atoms with Gasteiger partial charge in [0, 0.05) is 19.2 Å². The molecular weight excluding hydrogens is 294 g/mol. The minimum absolute atomic E-state index is 0.0573. The summed E-state index contributed by atoms with van der Waals surface area (Å²) in [7, 11) is 1.55. The molecule has 1 unspecified atom stereocenters. The first-order valence-electron chi connectivity index (χ1n) is 6.85. The van der Waals surface area contributed by atoms with E-state index in [9.17, 15) is 18.4 Å². The molecule has 0 aromatic heterocycles. The fourth-order valence-electron chi connectivity index (χ4n) is 1.99. The molecular formula is C15H20F2N2O3. The number of amides is 2. The van der Waals surface area contributed by atoms with Gasteiger partial charge in [0.25, 0.3) is 0 Å². The van der Waals surface area contributed by atoms with Crippen LogP contribution in [-0.4, -0.2) is 37.6 Å². The Balaban J connectivity index is 2.51. The molecule has 0 aliphatic rings. The molecule has 2 amide bonds. The smallest absolute Gasteiger partial charge is 0.243 e. The maximum atomic E-state index is 13.0. The van der Waals surface area contributed by atoms with Crippen molar-refractivity contribution in [1.82, 2.24) is 10.6 Å². The van der Waals surface area contributed by atoms with Gasteiger partial charge in [-0.1, -0.05) is 0 Å². The molecule has 0 heterocycles. The van der Waals surface area contributed by atoms with E-state index in [4.69, 9.17) is 4.74 Å². The van der Waals surface area contributed by atoms with E-state index in [1.165, 1.54) is 0 Å². The monoisotopic (exact) mass is 314 g/mol. The molecule has 5 nitrogen and oxygen atoms in total. The number of rotatable bonds is 7. The van der Waals surface area contributed by atoms with Crippen molar-refractivity contribution < 1.29 is 23.1 Å². The lowest BCUT2D eigenvalue weighted by atomic mass is 10.1. The summed E-state index contributed by atoms with van der Waals surface area (Å²) in [6.45, 7) is 3.87. The highest BCUT2D eigenvalue weighted by Gasteiger charge is 2.18. The molecule has 22 heavy (non-hydrogen) atoms. The zero-order valence-electron chi connectivity index (χ0n) is 12.8. The van der Waals surface area contributed by atoms with Gasteiger partial charge in [0.2, 0.25) is 11.8 Å². The number of hydrogen-bond donors (Lipinski definition) is 2. The maximum Gasteiger partial charge on any atom is 0.243 e. The quantitative estimate of drug-likeness (QED) is 0.793. The summed E-state index contributed by atoms with van der Waals surface area (Å²) in [5.74, 6) is -2.66. The molecule has 0 aliphatic heterocycles. The first kappa shape index (κ1) is 18.2. The number of methoxy groups -OCH3 is 1. The van der Waals surface area contributed by atoms with Crippen molar-refractivity contribution in [2.75, 3.05) is 13.7 Å². The molecule has 1 aromatic rings. The largest absolute Gasteiger partial charge is 0.383 e. The van der Waals surface area contributed by atoms with Gasteiger partial charge in [-0.3, -0.25) is 14.9 Å². The van der Waals surface area contributed by atoms with Gasteiger partial charge in [0.1, 0.15) is 11.6 Å². The number of imide groups is 1. The van der Waals surface area contributed by atoms with E-state index in [-0.39, 0.29) is 18.0 Å². The number of carbonyl (C=O) groups excluding carboxylic acids is 2. The van der Waals surface area contributed by atoms with Gasteiger partial charge in [0.05, 0.1) is 19.1 Å². The van der Waals surface area contributed by atoms with Crippen LogP contribution in [0.5, 0.6) is 0 Å². The Hall–Kier alpha value is -1.86. The molecule has 122 valence electrons. The minimum atomic E-state index is -0.766. The summed E-state index contributed by atoms with van der Waals surface area (Å²) >= 11 is 0. The molecule has 0 radical (unpaired) electrons. The number of nitrogens with one attached hydrogen (secondary N) is 2. The molecule has 7 heteroatoms. The van der Waals surface area contributed by atoms with Gasteiger partial charge >= 0.3 is 0 Å². The molecule has 0 bridgehead atoms. The third kappa shape index (κ3) is 6.28. The van der Waals surface area contributed by atoms with Crippen molar-refractivity contribution in [3.63, 3.8) is 0 Å². The van der Waals surface area contributed by atoms with E-state index >= 15 is 0 Å². The minimum Gasteiger partial charge on any atom is -0.383 e. The fourth-order valence-corrected chi connectivity index (χ4v) is 1.99. The van der Waals surface area contributed by atoms with Crippen LogP contribution in [0.1, 0.15) is 19.4 Å². The van der Waals surface area contributed by atoms with Crippen LogP contribution >= 0.6 is 0 Å². The average Bonchev–Trinajstić information content (AvgIpc) is 2.36. The maximum absolute atomic E-state index is 13.0. The van der Waals surface area contributed by atoms with Crippen molar-refractivity contribution in [2.45, 2.75) is 32.4 Å². The highest BCUT2D eigenvalue weighted by Crippen LogP contribution is 2.08. The van der Waals surface area contributed by atoms with Gasteiger partial charge in [-0.05, 0) is 31.5 Å². The van der Waals surface area contributed by atoms with Gasteiger partial charge in [-0.2, -0.15) is 0 Å². The Labute approximate surface area is 128 Å². The Morgan fingerprint density at radius 2 is 1.77 bits per heavy atom. The lowest BCUT2D eigenvalue weighted by Crippen LogP contribution is -2.48. The van der Waals surface area contributed by atoms with Gasteiger partial charge in [-0.25, -0.2) is 8.78 Å². The van der Waals surface area contributed by atoms with Crippen molar-refractivity contribution in [1.29, 1.82) is 0 Å². The zero-order valence-corrected chi connectivity index (χ0v) is 12.8. The van der Waals surface area contributed by atoms with E-state index in [0.717, 1.165) is 18.2 Å². The normalized spacial score (nSPS) is 13.5. The van der Waals surface area contributed by atoms with Gasteiger partial charge in [-0.15, -0.1) is 0 Å². The summed E-state index contributed by atoms with van der Waals surface area (Å²) in [5.41, 5.74) is 0.163. The lowest BCUT2D eigenvalue weighted by Gasteiger charge is -2.18. The summed E-state index contributed by atoms with van der Waals surface area (Å²) in [6, 6.07) is 2.16. The Bertz CT molecular complexity index is 517. The lowest BCUT2D eigenvalue weighted by molar-refractivity contribution is -0.131. The fraction of sp³-hybridized carbons (Fsp3) is 0.467. The first-order valence-corrected chi connectivity index (χ1v) is 6.85. The Kier molecular flexibility index (Phi) is 7.07. The highest BCUT2D eigenvalue weighted by atomic mass is 19.1. The number of carbonyl (C=O) groups is 2. The van der Waals surface area contributed by atoms with E-state index < -0.39 is 29.5 Å². The van der Waals surface area contributed by atoms with E-state index in [1.54, 1.807) is 14.0 Å². The molecule has 1 rings (SSSR count). The Morgan fingerprint density at radius 1 is 1.18 bits per heavy atom. The van der Waals surface area contributed by atoms with Crippen molar-refractivity contribution in [2.24, 2.45) is 0 Å². The van der Waals surface area contributed by atoms with Crippen LogP contribution in [-0.2, 0) is 20.7 Å². The van der Waals surface area contributed by atoms with Crippen molar-refractivity contribution in [3.8, 4) is 0 Å². The molecule has 0 saturated carbocycles. The second kappa shape index (κ2) is 8.55. The van der Waals surface area contributed by atoms with E-state index in [0.29, 0.717) is 6.61 Å². The molecule has 0 saturated heterocycles. The molecule has 0 aliphatic carbocycles. The van der Waals surface area contributed by atoms with Crippen molar-refractivity contribution >= 4 is 11.8 Å². The number of hydrogen-bond acceptors (Lipinski definition) is 4. The van der Waals surface area contributed by atoms with Crippen molar-refractivity contribution in [3.05, 3.63) is 35.4 Å². The van der Waals surface area contributed by atoms with E-state index in [2.05, 4.69) is 10.6 Å². The molecule has 0 spiro atoms. The predicted molar refractivity (Wildman–Crippen MR) is 77.1 cm³/mol. The topological polar surface area (TPSA) is 67.4 Å². The number of ether oxygens (including phenoxy) is 1. The molecule has 1 aromatic carbocycles. The van der Waals surface area contributed by atoms with Crippen LogP contribution < -0.4 is 10.6 Å². The highest BCUT2D eigenvalue weighted by molar-refractivity contribution is 5.98. The summed E-state index contributed by atoms with van der Waals surface area (Å²) in [5, 5.41) is 5.15.